The molecule has 2 aliphatic rings. The van der Waals surface area contributed by atoms with E-state index in [1.165, 1.54) is 5.01 Å². The van der Waals surface area contributed by atoms with Gasteiger partial charge >= 0.3 is 0 Å². The number of anilines is 1. The Hall–Kier alpha value is -2.41. The van der Waals surface area contributed by atoms with Crippen LogP contribution in [-0.2, 0) is 14.3 Å². The van der Waals surface area contributed by atoms with Gasteiger partial charge in [-0.25, -0.2) is 10.0 Å². The summed E-state index contributed by atoms with van der Waals surface area (Å²) in [5.41, 5.74) is 3.57. The smallest absolute Gasteiger partial charge is 0.290 e. The summed E-state index contributed by atoms with van der Waals surface area (Å²) < 4.78 is 5.63. The average Bonchev–Trinajstić information content (AvgIpc) is 3.15. The SMILES string of the molecule is CCN(C[C@@H]1CCCO1)C(=O)C1=N[C@@H](C)C(=O)N(c2ccccc2)N1. The number of likely N-dealkylation sites (N-methyl/N-ethyl adjacent to an activating group) is 1. The number of benzene rings is 1. The molecule has 0 unspecified atom stereocenters. The first kappa shape index (κ1) is 17.4. The van der Waals surface area contributed by atoms with Gasteiger partial charge < -0.3 is 9.64 Å². The van der Waals surface area contributed by atoms with Crippen molar-refractivity contribution < 1.29 is 14.3 Å². The zero-order valence-electron chi connectivity index (χ0n) is 14.6. The first-order chi connectivity index (χ1) is 12.1. The van der Waals surface area contributed by atoms with Gasteiger partial charge in [-0.05, 0) is 38.8 Å². The summed E-state index contributed by atoms with van der Waals surface area (Å²) in [6.45, 7) is 5.49. The van der Waals surface area contributed by atoms with Crippen molar-refractivity contribution in [2.24, 2.45) is 4.99 Å². The summed E-state index contributed by atoms with van der Waals surface area (Å²) in [5, 5.41) is 1.39. The van der Waals surface area contributed by atoms with E-state index in [4.69, 9.17) is 4.74 Å². The van der Waals surface area contributed by atoms with Crippen LogP contribution in [0.2, 0.25) is 0 Å². The van der Waals surface area contributed by atoms with Gasteiger partial charge in [0.15, 0.2) is 0 Å². The number of nitrogens with one attached hydrogen (secondary N) is 1. The Bertz CT molecular complexity index is 656. The summed E-state index contributed by atoms with van der Waals surface area (Å²) in [4.78, 5) is 31.3. The van der Waals surface area contributed by atoms with Crippen LogP contribution in [0.1, 0.15) is 26.7 Å². The molecule has 0 saturated carbocycles. The molecule has 0 aromatic heterocycles. The number of carbonyl (C=O) groups excluding carboxylic acids is 2. The molecule has 0 spiro atoms. The Morgan fingerprint density at radius 3 is 2.80 bits per heavy atom. The van der Waals surface area contributed by atoms with Crippen molar-refractivity contribution in [2.45, 2.75) is 38.8 Å². The van der Waals surface area contributed by atoms with E-state index < -0.39 is 6.04 Å². The molecule has 1 aromatic carbocycles. The van der Waals surface area contributed by atoms with Gasteiger partial charge in [0, 0.05) is 19.7 Å². The second-order valence-electron chi connectivity index (χ2n) is 6.25. The zero-order chi connectivity index (χ0) is 17.8. The molecule has 0 radical (unpaired) electrons. The summed E-state index contributed by atoms with van der Waals surface area (Å²) in [5.74, 6) is -0.209. The highest BCUT2D eigenvalue weighted by molar-refractivity contribution is 6.39. The van der Waals surface area contributed by atoms with Crippen LogP contribution in [0.3, 0.4) is 0 Å². The number of carbonyl (C=O) groups is 2. The number of rotatable bonds is 5. The lowest BCUT2D eigenvalue weighted by Gasteiger charge is -2.33. The number of nitrogens with zero attached hydrogens (tertiary/aromatic N) is 3. The molecule has 25 heavy (non-hydrogen) atoms. The molecular weight excluding hydrogens is 320 g/mol. The number of hydrogen-bond acceptors (Lipinski definition) is 5. The van der Waals surface area contributed by atoms with Crippen molar-refractivity contribution in [1.82, 2.24) is 10.3 Å². The largest absolute Gasteiger partial charge is 0.376 e. The second-order valence-corrected chi connectivity index (χ2v) is 6.25. The molecule has 7 heteroatoms. The maximum absolute atomic E-state index is 12.9. The lowest BCUT2D eigenvalue weighted by molar-refractivity contribution is -0.126. The van der Waals surface area contributed by atoms with E-state index in [1.807, 2.05) is 37.3 Å². The van der Waals surface area contributed by atoms with E-state index in [9.17, 15) is 9.59 Å². The predicted molar refractivity (Wildman–Crippen MR) is 95.2 cm³/mol. The molecule has 2 heterocycles. The molecule has 1 saturated heterocycles. The lowest BCUT2D eigenvalue weighted by atomic mass is 10.2. The van der Waals surface area contributed by atoms with Crippen LogP contribution in [0.25, 0.3) is 0 Å². The van der Waals surface area contributed by atoms with Gasteiger partial charge in [0.25, 0.3) is 11.8 Å². The minimum Gasteiger partial charge on any atom is -0.376 e. The first-order valence-electron chi connectivity index (χ1n) is 8.74. The fraction of sp³-hybridized carbons (Fsp3) is 0.500. The van der Waals surface area contributed by atoms with Crippen LogP contribution in [0, 0.1) is 0 Å². The fourth-order valence-electron chi connectivity index (χ4n) is 3.04. The molecule has 0 aliphatic carbocycles. The standard InChI is InChI=1S/C18H24N4O3/c1-3-21(12-15-10-7-11-25-15)18(24)16-19-13(2)17(23)22(20-16)14-8-5-4-6-9-14/h4-6,8-9,13,15H,3,7,10-12H2,1-2H3,(H,19,20)/t13-,15-/m0/s1. The van der Waals surface area contributed by atoms with Crippen molar-refractivity contribution in [3.63, 3.8) is 0 Å². The Balaban J connectivity index is 1.76. The number of amidine groups is 1. The maximum Gasteiger partial charge on any atom is 0.290 e. The molecule has 1 N–H and O–H groups in total. The third-order valence-corrected chi connectivity index (χ3v) is 4.45. The fourth-order valence-corrected chi connectivity index (χ4v) is 3.04. The molecule has 2 aliphatic heterocycles. The van der Waals surface area contributed by atoms with Crippen LogP contribution >= 0.6 is 0 Å². The average molecular weight is 344 g/mol. The minimum atomic E-state index is -0.609. The highest BCUT2D eigenvalue weighted by atomic mass is 16.5. The van der Waals surface area contributed by atoms with Crippen molar-refractivity contribution >= 4 is 23.3 Å². The summed E-state index contributed by atoms with van der Waals surface area (Å²) in [6, 6.07) is 8.59. The normalized spacial score (nSPS) is 23.2. The second kappa shape index (κ2) is 7.65. The van der Waals surface area contributed by atoms with Crippen molar-refractivity contribution in [3.05, 3.63) is 30.3 Å². The quantitative estimate of drug-likeness (QED) is 0.875. The van der Waals surface area contributed by atoms with Gasteiger partial charge in [-0.3, -0.25) is 15.0 Å². The third kappa shape index (κ3) is 3.82. The van der Waals surface area contributed by atoms with Crippen LogP contribution < -0.4 is 10.4 Å². The van der Waals surface area contributed by atoms with E-state index in [0.29, 0.717) is 18.8 Å². The van der Waals surface area contributed by atoms with E-state index in [0.717, 1.165) is 19.4 Å². The Labute approximate surface area is 147 Å². The number of ether oxygens (including phenoxy) is 1. The predicted octanol–water partition coefficient (Wildman–Crippen LogP) is 1.35. The van der Waals surface area contributed by atoms with Crippen LogP contribution in [0.4, 0.5) is 5.69 Å². The number of hydrogen-bond donors (Lipinski definition) is 1. The number of para-hydroxylation sites is 1. The molecule has 0 bridgehead atoms. The van der Waals surface area contributed by atoms with Crippen LogP contribution in [-0.4, -0.2) is 54.4 Å². The van der Waals surface area contributed by atoms with E-state index in [-0.39, 0.29) is 23.8 Å². The van der Waals surface area contributed by atoms with Gasteiger partial charge in [-0.2, -0.15) is 0 Å². The molecule has 1 aromatic rings. The topological polar surface area (TPSA) is 74.2 Å². The highest BCUT2D eigenvalue weighted by Crippen LogP contribution is 2.17. The lowest BCUT2D eigenvalue weighted by Crippen LogP contribution is -2.58. The van der Waals surface area contributed by atoms with Crippen LogP contribution in [0.5, 0.6) is 0 Å². The molecule has 7 nitrogen and oxygen atoms in total. The van der Waals surface area contributed by atoms with Crippen molar-refractivity contribution in [3.8, 4) is 0 Å². The number of hydrazine groups is 1. The molecule has 2 amide bonds. The van der Waals surface area contributed by atoms with Crippen molar-refractivity contribution in [2.75, 3.05) is 24.7 Å². The van der Waals surface area contributed by atoms with Crippen molar-refractivity contribution in [1.29, 1.82) is 0 Å². The van der Waals surface area contributed by atoms with Gasteiger partial charge in [0.05, 0.1) is 11.8 Å². The molecular formula is C18H24N4O3. The Morgan fingerprint density at radius 1 is 1.40 bits per heavy atom. The van der Waals surface area contributed by atoms with Crippen LogP contribution in [0.15, 0.2) is 35.3 Å². The number of aliphatic imine (C=N–C) groups is 1. The molecule has 3 rings (SSSR count). The Kier molecular flexibility index (Phi) is 5.33. The minimum absolute atomic E-state index is 0.0809. The summed E-state index contributed by atoms with van der Waals surface area (Å²) in [6.07, 6.45) is 2.08. The van der Waals surface area contributed by atoms with E-state index >= 15 is 0 Å². The van der Waals surface area contributed by atoms with E-state index in [1.54, 1.807) is 11.8 Å². The molecule has 134 valence electrons. The first-order valence-corrected chi connectivity index (χ1v) is 8.74. The monoisotopic (exact) mass is 344 g/mol. The highest BCUT2D eigenvalue weighted by Gasteiger charge is 2.33. The van der Waals surface area contributed by atoms with Gasteiger partial charge in [0.2, 0.25) is 5.84 Å². The zero-order valence-corrected chi connectivity index (χ0v) is 14.6. The third-order valence-electron chi connectivity index (χ3n) is 4.45. The summed E-state index contributed by atoms with van der Waals surface area (Å²) >= 11 is 0. The maximum atomic E-state index is 12.9. The summed E-state index contributed by atoms with van der Waals surface area (Å²) in [7, 11) is 0. The Morgan fingerprint density at radius 2 is 2.16 bits per heavy atom. The van der Waals surface area contributed by atoms with Gasteiger partial charge in [-0.15, -0.1) is 0 Å². The number of amides is 2. The van der Waals surface area contributed by atoms with E-state index in [2.05, 4.69) is 10.4 Å². The van der Waals surface area contributed by atoms with Gasteiger partial charge in [0.1, 0.15) is 6.04 Å². The molecule has 1 fully saturated rings. The molecule has 2 atom stereocenters. The van der Waals surface area contributed by atoms with Gasteiger partial charge in [-0.1, -0.05) is 18.2 Å².